The molecule has 1 fully saturated rings. The molecule has 0 aromatic heterocycles. The maximum absolute atomic E-state index is 13.9. The molecule has 2 aromatic carbocycles. The number of carboxylic acid groups (broad SMARTS) is 1. The molecule has 47 heavy (non-hydrogen) atoms. The summed E-state index contributed by atoms with van der Waals surface area (Å²) in [7, 11) is 1.60. The first-order chi connectivity index (χ1) is 21.8. The van der Waals surface area contributed by atoms with Crippen molar-refractivity contribution < 1.29 is 41.8 Å². The van der Waals surface area contributed by atoms with Gasteiger partial charge in [-0.15, -0.1) is 0 Å². The monoisotopic (exact) mass is 707 g/mol. The summed E-state index contributed by atoms with van der Waals surface area (Å²) >= 11 is 12.3. The van der Waals surface area contributed by atoms with Gasteiger partial charge in [0.15, 0.2) is 0 Å². The molecule has 0 aliphatic carbocycles. The van der Waals surface area contributed by atoms with Crippen LogP contribution in [0.5, 0.6) is 0 Å². The minimum atomic E-state index is -5.08. The molecule has 16 heteroatoms. The van der Waals surface area contributed by atoms with E-state index in [-0.39, 0.29) is 30.1 Å². The maximum Gasteiger partial charge on any atom is 0.490 e. The molecule has 2 aromatic rings. The lowest BCUT2D eigenvalue weighted by atomic mass is 9.98. The van der Waals surface area contributed by atoms with Crippen LogP contribution in [-0.2, 0) is 32.0 Å². The van der Waals surface area contributed by atoms with E-state index >= 15 is 0 Å². The number of nitrogens with two attached hydrogens (primary N) is 1. The summed E-state index contributed by atoms with van der Waals surface area (Å²) in [6, 6.07) is 9.63. The van der Waals surface area contributed by atoms with Crippen molar-refractivity contribution in [3.63, 3.8) is 0 Å². The fourth-order valence-corrected chi connectivity index (χ4v) is 5.17. The van der Waals surface area contributed by atoms with Gasteiger partial charge in [-0.25, -0.2) is 9.18 Å². The van der Waals surface area contributed by atoms with E-state index in [0.29, 0.717) is 48.1 Å². The number of amides is 3. The molecule has 0 bridgehead atoms. The van der Waals surface area contributed by atoms with Gasteiger partial charge in [-0.2, -0.15) is 13.2 Å². The summed E-state index contributed by atoms with van der Waals surface area (Å²) in [6.45, 7) is 6.43. The lowest BCUT2D eigenvalue weighted by Crippen LogP contribution is -2.64. The lowest BCUT2D eigenvalue weighted by Gasteiger charge is -2.45. The third kappa shape index (κ3) is 11.9. The number of piperazine rings is 1. The summed E-state index contributed by atoms with van der Waals surface area (Å²) in [5.41, 5.74) is 6.40. The van der Waals surface area contributed by atoms with E-state index in [2.05, 4.69) is 15.5 Å². The highest BCUT2D eigenvalue weighted by Crippen LogP contribution is 2.25. The zero-order chi connectivity index (χ0) is 35.7. The molecule has 0 radical (unpaired) electrons. The topological polar surface area (TPSA) is 145 Å². The molecule has 1 heterocycles. The summed E-state index contributed by atoms with van der Waals surface area (Å²) < 4.78 is 45.2. The second kappa shape index (κ2) is 17.1. The molecule has 5 N–H and O–H groups in total. The number of carbonyl (C=O) groups is 4. The number of rotatable bonds is 10. The molecular weight excluding hydrogens is 669 g/mol. The summed E-state index contributed by atoms with van der Waals surface area (Å²) in [6.07, 6.45) is -3.82. The van der Waals surface area contributed by atoms with Gasteiger partial charge in [-0.3, -0.25) is 19.3 Å². The second-order valence-electron chi connectivity index (χ2n) is 11.6. The van der Waals surface area contributed by atoms with Crippen molar-refractivity contribution in [2.24, 2.45) is 5.73 Å². The van der Waals surface area contributed by atoms with Crippen LogP contribution in [0.2, 0.25) is 10.0 Å². The van der Waals surface area contributed by atoms with Crippen LogP contribution in [0.1, 0.15) is 38.3 Å². The minimum Gasteiger partial charge on any atom is -0.475 e. The largest absolute Gasteiger partial charge is 0.490 e. The molecule has 1 aliphatic heterocycles. The van der Waals surface area contributed by atoms with Gasteiger partial charge in [-0.1, -0.05) is 48.3 Å². The van der Waals surface area contributed by atoms with Crippen molar-refractivity contribution in [1.29, 1.82) is 0 Å². The molecule has 1 saturated heterocycles. The molecule has 260 valence electrons. The van der Waals surface area contributed by atoms with Crippen molar-refractivity contribution in [3.8, 4) is 0 Å². The van der Waals surface area contributed by atoms with Crippen LogP contribution < -0.4 is 16.4 Å². The number of nitrogens with zero attached hydrogens (tertiary/aromatic N) is 2. The highest BCUT2D eigenvalue weighted by atomic mass is 35.5. The highest BCUT2D eigenvalue weighted by Gasteiger charge is 2.39. The first-order valence-electron chi connectivity index (χ1n) is 14.6. The van der Waals surface area contributed by atoms with E-state index in [1.165, 1.54) is 12.1 Å². The summed E-state index contributed by atoms with van der Waals surface area (Å²) in [5, 5.41) is 13.6. The SMILES string of the molecule is CCC1CN(C(Cc2ccc(Cl)c(Cl)c2)C(=O)NC)CCN1C(=O)C(Cc1ccc(F)cc1)NC(=O)C(C)(C)N.O=C(O)C(F)(F)F. The third-order valence-electron chi connectivity index (χ3n) is 7.46. The Morgan fingerprint density at radius 2 is 1.57 bits per heavy atom. The number of halogens is 6. The van der Waals surface area contributed by atoms with E-state index < -0.39 is 35.7 Å². The summed E-state index contributed by atoms with van der Waals surface area (Å²) in [4.78, 5) is 52.4. The summed E-state index contributed by atoms with van der Waals surface area (Å²) in [5.74, 6) is -3.97. The number of aliphatic carboxylic acids is 1. The molecule has 10 nitrogen and oxygen atoms in total. The number of hydrogen-bond acceptors (Lipinski definition) is 6. The Labute approximate surface area is 280 Å². The van der Waals surface area contributed by atoms with Crippen LogP contribution in [0, 0.1) is 5.82 Å². The predicted octanol–water partition coefficient (Wildman–Crippen LogP) is 3.81. The van der Waals surface area contributed by atoms with Crippen LogP contribution >= 0.6 is 23.2 Å². The van der Waals surface area contributed by atoms with Gasteiger partial charge in [0.1, 0.15) is 11.9 Å². The Morgan fingerprint density at radius 3 is 2.06 bits per heavy atom. The van der Waals surface area contributed by atoms with Crippen LogP contribution in [0.4, 0.5) is 17.6 Å². The Bertz CT molecular complexity index is 1410. The van der Waals surface area contributed by atoms with Crippen LogP contribution in [0.3, 0.4) is 0 Å². The third-order valence-corrected chi connectivity index (χ3v) is 8.19. The number of likely N-dealkylation sites (N-methyl/N-ethyl adjacent to an activating group) is 1. The van der Waals surface area contributed by atoms with Crippen LogP contribution in [-0.4, -0.2) is 95.1 Å². The molecule has 0 saturated carbocycles. The molecule has 3 rings (SSSR count). The first kappa shape index (κ1) is 39.7. The number of benzene rings is 2. The second-order valence-corrected chi connectivity index (χ2v) is 12.4. The van der Waals surface area contributed by atoms with E-state index in [0.717, 1.165) is 5.56 Å². The average molecular weight is 709 g/mol. The van der Waals surface area contributed by atoms with Crippen molar-refractivity contribution in [3.05, 3.63) is 69.5 Å². The highest BCUT2D eigenvalue weighted by molar-refractivity contribution is 6.42. The first-order valence-corrected chi connectivity index (χ1v) is 15.4. The van der Waals surface area contributed by atoms with Crippen molar-refractivity contribution in [1.82, 2.24) is 20.4 Å². The van der Waals surface area contributed by atoms with Crippen molar-refractivity contribution in [2.75, 3.05) is 26.7 Å². The number of carbonyl (C=O) groups excluding carboxylic acids is 3. The quantitative estimate of drug-likeness (QED) is 0.275. The van der Waals surface area contributed by atoms with Gasteiger partial charge in [0.25, 0.3) is 0 Å². The molecular formula is C31H39Cl2F4N5O5. The number of carboxylic acids is 1. The minimum absolute atomic E-state index is 0.132. The number of hydrogen-bond donors (Lipinski definition) is 4. The Balaban J connectivity index is 0.000000984. The van der Waals surface area contributed by atoms with Crippen LogP contribution in [0.15, 0.2) is 42.5 Å². The average Bonchev–Trinajstić information content (AvgIpc) is 3.00. The molecule has 0 spiro atoms. The Morgan fingerprint density at radius 1 is 1.00 bits per heavy atom. The lowest BCUT2D eigenvalue weighted by molar-refractivity contribution is -0.192. The van der Waals surface area contributed by atoms with Gasteiger partial charge < -0.3 is 26.4 Å². The Kier molecular flexibility index (Phi) is 14.4. The van der Waals surface area contributed by atoms with E-state index in [4.69, 9.17) is 38.8 Å². The van der Waals surface area contributed by atoms with Crippen molar-refractivity contribution >= 4 is 46.9 Å². The van der Waals surface area contributed by atoms with Gasteiger partial charge >= 0.3 is 12.1 Å². The molecule has 1 aliphatic rings. The van der Waals surface area contributed by atoms with Gasteiger partial charge in [0.2, 0.25) is 17.7 Å². The van der Waals surface area contributed by atoms with Gasteiger partial charge in [0, 0.05) is 39.1 Å². The predicted molar refractivity (Wildman–Crippen MR) is 169 cm³/mol. The zero-order valence-electron chi connectivity index (χ0n) is 26.3. The van der Waals surface area contributed by atoms with Crippen molar-refractivity contribution in [2.45, 2.75) is 69.9 Å². The smallest absolute Gasteiger partial charge is 0.475 e. The van der Waals surface area contributed by atoms with E-state index in [9.17, 15) is 31.9 Å². The number of alkyl halides is 3. The normalized spacial score (nSPS) is 16.7. The molecule has 3 amide bonds. The number of nitrogens with one attached hydrogen (secondary N) is 2. The molecule has 3 unspecified atom stereocenters. The van der Waals surface area contributed by atoms with Gasteiger partial charge in [-0.05, 0) is 62.1 Å². The zero-order valence-corrected chi connectivity index (χ0v) is 27.8. The fraction of sp³-hybridized carbons (Fsp3) is 0.484. The molecule has 3 atom stereocenters. The standard InChI is InChI=1S/C29H38Cl2FN5O3.C2HF3O2/c1-5-21-17-36(25(26(38)34-4)16-19-8-11-22(30)23(31)14-19)12-13-37(21)27(39)24(35-28(40)29(2,3)33)15-18-6-9-20(32)10-7-18;3-2(4,5)1(6)7/h6-11,14,21,24-25H,5,12-13,15-17,33H2,1-4H3,(H,34,38)(H,35,40);(H,6,7). The Hall–Kier alpha value is -3.46. The fourth-order valence-electron chi connectivity index (χ4n) is 4.85. The van der Waals surface area contributed by atoms with Gasteiger partial charge in [0.05, 0.1) is 21.6 Å². The van der Waals surface area contributed by atoms with E-state index in [1.807, 2.05) is 13.0 Å². The van der Waals surface area contributed by atoms with Crippen LogP contribution in [0.25, 0.3) is 0 Å². The van der Waals surface area contributed by atoms with E-state index in [1.54, 1.807) is 50.1 Å². The maximum atomic E-state index is 13.9.